The maximum Gasteiger partial charge on any atom is 0.0118 e. The summed E-state index contributed by atoms with van der Waals surface area (Å²) in [5, 5.41) is 3.92. The van der Waals surface area contributed by atoms with Gasteiger partial charge in [0.2, 0.25) is 0 Å². The van der Waals surface area contributed by atoms with Crippen LogP contribution in [0.25, 0.3) is 0 Å². The molecule has 0 amide bonds. The van der Waals surface area contributed by atoms with Gasteiger partial charge in [-0.15, -0.1) is 0 Å². The monoisotopic (exact) mass is 271 g/mol. The van der Waals surface area contributed by atoms with Crippen molar-refractivity contribution in [1.29, 1.82) is 0 Å². The van der Waals surface area contributed by atoms with E-state index in [1.54, 1.807) is 11.1 Å². The maximum absolute atomic E-state index is 3.92. The Balaban J connectivity index is 1.64. The van der Waals surface area contributed by atoms with Crippen LogP contribution in [-0.4, -0.2) is 12.6 Å². The molecule has 1 saturated carbocycles. The predicted octanol–water partition coefficient (Wildman–Crippen LogP) is 4.66. The molecule has 0 aromatic heterocycles. The third kappa shape index (κ3) is 2.93. The predicted molar refractivity (Wildman–Crippen MR) is 86.2 cm³/mol. The second-order valence-electron chi connectivity index (χ2n) is 7.48. The summed E-state index contributed by atoms with van der Waals surface area (Å²) < 4.78 is 0. The van der Waals surface area contributed by atoms with Gasteiger partial charge in [-0.25, -0.2) is 0 Å². The van der Waals surface area contributed by atoms with E-state index in [0.717, 1.165) is 5.92 Å². The number of rotatable bonds is 3. The van der Waals surface area contributed by atoms with Crippen LogP contribution < -0.4 is 5.32 Å². The Kier molecular flexibility index (Phi) is 4.16. The van der Waals surface area contributed by atoms with Crippen molar-refractivity contribution >= 4 is 0 Å². The van der Waals surface area contributed by atoms with Crippen LogP contribution in [0.5, 0.6) is 0 Å². The third-order valence-electron chi connectivity index (χ3n) is 5.61. The van der Waals surface area contributed by atoms with Crippen molar-refractivity contribution in [1.82, 2.24) is 5.32 Å². The van der Waals surface area contributed by atoms with E-state index in [4.69, 9.17) is 0 Å². The number of benzene rings is 1. The van der Waals surface area contributed by atoms with Crippen molar-refractivity contribution in [3.63, 3.8) is 0 Å². The highest BCUT2D eigenvalue weighted by molar-refractivity contribution is 5.32. The zero-order valence-electron chi connectivity index (χ0n) is 13.1. The molecular formula is C19H29N. The van der Waals surface area contributed by atoms with E-state index in [2.05, 4.69) is 43.4 Å². The molecule has 0 aliphatic heterocycles. The highest BCUT2D eigenvalue weighted by atomic mass is 14.9. The van der Waals surface area contributed by atoms with Crippen LogP contribution in [0.2, 0.25) is 0 Å². The fourth-order valence-electron chi connectivity index (χ4n) is 4.22. The largest absolute Gasteiger partial charge is 0.313 e. The SMILES string of the molecule is CC1(C)CCCCC1NCC1CCCc2ccccc21. The Bertz CT molecular complexity index is 449. The van der Waals surface area contributed by atoms with Crippen LogP contribution in [0.1, 0.15) is 69.4 Å². The summed E-state index contributed by atoms with van der Waals surface area (Å²) in [6, 6.07) is 9.80. The molecule has 0 saturated heterocycles. The van der Waals surface area contributed by atoms with Crippen LogP contribution >= 0.6 is 0 Å². The molecule has 0 bridgehead atoms. The van der Waals surface area contributed by atoms with Gasteiger partial charge >= 0.3 is 0 Å². The first-order valence-corrected chi connectivity index (χ1v) is 8.48. The lowest BCUT2D eigenvalue weighted by Crippen LogP contribution is -2.45. The van der Waals surface area contributed by atoms with Gasteiger partial charge in [0.15, 0.2) is 0 Å². The van der Waals surface area contributed by atoms with Crippen molar-refractivity contribution in [2.75, 3.05) is 6.54 Å². The third-order valence-corrected chi connectivity index (χ3v) is 5.61. The average molecular weight is 271 g/mol. The summed E-state index contributed by atoms with van der Waals surface area (Å²) in [7, 11) is 0. The van der Waals surface area contributed by atoms with Gasteiger partial charge in [-0.05, 0) is 54.6 Å². The fraction of sp³-hybridized carbons (Fsp3) is 0.684. The van der Waals surface area contributed by atoms with Gasteiger partial charge in [0.25, 0.3) is 0 Å². The smallest absolute Gasteiger partial charge is 0.0118 e. The van der Waals surface area contributed by atoms with E-state index < -0.39 is 0 Å². The highest BCUT2D eigenvalue weighted by Gasteiger charge is 2.32. The normalized spacial score (nSPS) is 28.9. The molecule has 0 heterocycles. The molecule has 1 aromatic rings. The van der Waals surface area contributed by atoms with Gasteiger partial charge in [0, 0.05) is 12.6 Å². The quantitative estimate of drug-likeness (QED) is 0.842. The molecule has 110 valence electrons. The molecule has 1 fully saturated rings. The molecule has 3 rings (SSSR count). The Morgan fingerprint density at radius 1 is 1.10 bits per heavy atom. The molecule has 1 nitrogen and oxygen atoms in total. The first kappa shape index (κ1) is 14.1. The zero-order chi connectivity index (χ0) is 14.0. The van der Waals surface area contributed by atoms with Crippen LogP contribution in [-0.2, 0) is 6.42 Å². The van der Waals surface area contributed by atoms with Gasteiger partial charge in [0.05, 0.1) is 0 Å². The molecule has 20 heavy (non-hydrogen) atoms. The Hall–Kier alpha value is -0.820. The fourth-order valence-corrected chi connectivity index (χ4v) is 4.22. The molecule has 2 aliphatic rings. The van der Waals surface area contributed by atoms with Crippen LogP contribution in [0, 0.1) is 5.41 Å². The van der Waals surface area contributed by atoms with Crippen molar-refractivity contribution < 1.29 is 0 Å². The summed E-state index contributed by atoms with van der Waals surface area (Å²) in [5.41, 5.74) is 3.68. The lowest BCUT2D eigenvalue weighted by atomic mass is 9.73. The molecule has 0 radical (unpaired) electrons. The summed E-state index contributed by atoms with van der Waals surface area (Å²) in [6.07, 6.45) is 9.56. The highest BCUT2D eigenvalue weighted by Crippen LogP contribution is 2.36. The molecule has 1 aromatic carbocycles. The number of hydrogen-bond donors (Lipinski definition) is 1. The van der Waals surface area contributed by atoms with Crippen molar-refractivity contribution in [3.05, 3.63) is 35.4 Å². The van der Waals surface area contributed by atoms with Gasteiger partial charge in [-0.1, -0.05) is 51.0 Å². The van der Waals surface area contributed by atoms with Gasteiger partial charge in [0.1, 0.15) is 0 Å². The van der Waals surface area contributed by atoms with Gasteiger partial charge < -0.3 is 5.32 Å². The van der Waals surface area contributed by atoms with E-state index in [1.807, 2.05) is 0 Å². The summed E-state index contributed by atoms with van der Waals surface area (Å²) in [4.78, 5) is 0. The summed E-state index contributed by atoms with van der Waals surface area (Å²) >= 11 is 0. The molecule has 1 heteroatoms. The number of nitrogens with one attached hydrogen (secondary N) is 1. The van der Waals surface area contributed by atoms with Gasteiger partial charge in [-0.2, -0.15) is 0 Å². The minimum Gasteiger partial charge on any atom is -0.313 e. The summed E-state index contributed by atoms with van der Waals surface area (Å²) in [6.45, 7) is 6.06. The molecular weight excluding hydrogens is 242 g/mol. The lowest BCUT2D eigenvalue weighted by molar-refractivity contribution is 0.165. The maximum atomic E-state index is 3.92. The topological polar surface area (TPSA) is 12.0 Å². The van der Waals surface area contributed by atoms with Crippen molar-refractivity contribution in [2.45, 2.75) is 70.8 Å². The first-order valence-electron chi connectivity index (χ1n) is 8.48. The number of fused-ring (bicyclic) bond motifs is 1. The minimum absolute atomic E-state index is 0.479. The van der Waals surface area contributed by atoms with Crippen LogP contribution in [0.4, 0.5) is 0 Å². The molecule has 1 N–H and O–H groups in total. The molecule has 2 atom stereocenters. The Morgan fingerprint density at radius 2 is 1.95 bits per heavy atom. The average Bonchev–Trinajstić information content (AvgIpc) is 2.46. The molecule has 0 spiro atoms. The number of aryl methyl sites for hydroxylation is 1. The zero-order valence-corrected chi connectivity index (χ0v) is 13.1. The second kappa shape index (κ2) is 5.89. The lowest BCUT2D eigenvalue weighted by Gasteiger charge is -2.40. The number of hydrogen-bond acceptors (Lipinski definition) is 1. The van der Waals surface area contributed by atoms with Crippen LogP contribution in [0.3, 0.4) is 0 Å². The van der Waals surface area contributed by atoms with Crippen molar-refractivity contribution in [3.8, 4) is 0 Å². The summed E-state index contributed by atoms with van der Waals surface area (Å²) in [5.74, 6) is 0.734. The van der Waals surface area contributed by atoms with Crippen molar-refractivity contribution in [2.24, 2.45) is 5.41 Å². The first-order chi connectivity index (χ1) is 9.67. The van der Waals surface area contributed by atoms with E-state index >= 15 is 0 Å². The minimum atomic E-state index is 0.479. The standard InChI is InChI=1S/C19H29N/c1-19(2)13-6-5-12-18(19)20-14-16-10-7-9-15-8-3-4-11-17(15)16/h3-4,8,11,16,18,20H,5-7,9-10,12-14H2,1-2H3. The second-order valence-corrected chi connectivity index (χ2v) is 7.48. The van der Waals surface area contributed by atoms with E-state index in [9.17, 15) is 0 Å². The van der Waals surface area contributed by atoms with E-state index in [-0.39, 0.29) is 0 Å². The van der Waals surface area contributed by atoms with Crippen LogP contribution in [0.15, 0.2) is 24.3 Å². The Morgan fingerprint density at radius 3 is 2.80 bits per heavy atom. The van der Waals surface area contributed by atoms with E-state index in [1.165, 1.54) is 51.5 Å². The Labute approximate surface area is 124 Å². The molecule has 2 aliphatic carbocycles. The molecule has 2 unspecified atom stereocenters. The van der Waals surface area contributed by atoms with E-state index in [0.29, 0.717) is 11.5 Å². The van der Waals surface area contributed by atoms with Gasteiger partial charge in [-0.3, -0.25) is 0 Å².